The number of hydrogen-bond acceptors (Lipinski definition) is 3. The van der Waals surface area contributed by atoms with Gasteiger partial charge in [0.05, 0.1) is 24.2 Å². The Labute approximate surface area is 161 Å². The first kappa shape index (κ1) is 17.9. The number of fused-ring (bicyclic) bond motifs is 1. The summed E-state index contributed by atoms with van der Waals surface area (Å²) in [4.78, 5) is 16.1. The Bertz CT molecular complexity index is 1150. The van der Waals surface area contributed by atoms with Gasteiger partial charge < -0.3 is 10.4 Å². The van der Waals surface area contributed by atoms with Gasteiger partial charge >= 0.3 is 0 Å². The second-order valence-electron chi connectivity index (χ2n) is 6.52. The van der Waals surface area contributed by atoms with E-state index < -0.39 is 0 Å². The number of aromatic nitrogens is 2. The highest BCUT2D eigenvalue weighted by Crippen LogP contribution is 2.30. The summed E-state index contributed by atoms with van der Waals surface area (Å²) in [5.74, 6) is -0.498. The van der Waals surface area contributed by atoms with E-state index in [1.807, 2.05) is 40.9 Å². The maximum absolute atomic E-state index is 13.3. The van der Waals surface area contributed by atoms with Crippen molar-refractivity contribution < 1.29 is 14.3 Å². The molecule has 0 aliphatic heterocycles. The van der Waals surface area contributed by atoms with Crippen LogP contribution in [-0.4, -0.2) is 20.4 Å². The van der Waals surface area contributed by atoms with Crippen LogP contribution < -0.4 is 5.32 Å². The van der Waals surface area contributed by atoms with Gasteiger partial charge in [-0.05, 0) is 41.5 Å². The van der Waals surface area contributed by atoms with Crippen LogP contribution in [0.3, 0.4) is 0 Å². The van der Waals surface area contributed by atoms with Crippen molar-refractivity contribution in [2.75, 3.05) is 5.32 Å². The number of nitrogens with one attached hydrogen (secondary N) is 1. The van der Waals surface area contributed by atoms with E-state index in [0.717, 1.165) is 27.9 Å². The van der Waals surface area contributed by atoms with Crippen molar-refractivity contribution in [1.82, 2.24) is 9.38 Å². The number of benzene rings is 2. The maximum atomic E-state index is 13.3. The van der Waals surface area contributed by atoms with Crippen LogP contribution >= 0.6 is 0 Å². The predicted octanol–water partition coefficient (Wildman–Crippen LogP) is 4.26. The molecule has 0 fully saturated rings. The minimum Gasteiger partial charge on any atom is -0.392 e. The van der Waals surface area contributed by atoms with Crippen LogP contribution in [0, 0.1) is 5.82 Å². The fourth-order valence-electron chi connectivity index (χ4n) is 3.16. The lowest BCUT2D eigenvalue weighted by molar-refractivity contribution is -0.114. The van der Waals surface area contributed by atoms with Crippen LogP contribution in [0.5, 0.6) is 0 Å². The molecule has 0 aliphatic rings. The van der Waals surface area contributed by atoms with Crippen molar-refractivity contribution in [1.29, 1.82) is 0 Å². The molecule has 4 rings (SSSR count). The zero-order valence-corrected chi connectivity index (χ0v) is 15.2. The SMILES string of the molecule is CC(=O)Nc1cc(-c2ccc(CO)cc2)cn2c(-c3ccc(F)cc3)cnc12. The van der Waals surface area contributed by atoms with Crippen molar-refractivity contribution in [3.63, 3.8) is 0 Å². The molecule has 0 bridgehead atoms. The van der Waals surface area contributed by atoms with Gasteiger partial charge in [-0.2, -0.15) is 0 Å². The summed E-state index contributed by atoms with van der Waals surface area (Å²) in [5, 5.41) is 12.1. The Hall–Kier alpha value is -3.51. The van der Waals surface area contributed by atoms with E-state index in [9.17, 15) is 14.3 Å². The summed E-state index contributed by atoms with van der Waals surface area (Å²) in [6, 6.07) is 15.6. The van der Waals surface area contributed by atoms with Gasteiger partial charge in [0.1, 0.15) is 5.82 Å². The van der Waals surface area contributed by atoms with Gasteiger partial charge in [-0.15, -0.1) is 0 Å². The van der Waals surface area contributed by atoms with Gasteiger partial charge in [0.25, 0.3) is 0 Å². The van der Waals surface area contributed by atoms with E-state index in [1.54, 1.807) is 18.3 Å². The van der Waals surface area contributed by atoms with Crippen LogP contribution in [0.2, 0.25) is 0 Å². The smallest absolute Gasteiger partial charge is 0.221 e. The number of aliphatic hydroxyl groups is 1. The molecule has 0 unspecified atom stereocenters. The van der Waals surface area contributed by atoms with E-state index >= 15 is 0 Å². The molecular weight excluding hydrogens is 357 g/mol. The van der Waals surface area contributed by atoms with Gasteiger partial charge in [-0.1, -0.05) is 24.3 Å². The number of rotatable bonds is 4. The molecule has 0 saturated heterocycles. The van der Waals surface area contributed by atoms with E-state index in [4.69, 9.17) is 0 Å². The van der Waals surface area contributed by atoms with Gasteiger partial charge in [0, 0.05) is 24.2 Å². The number of carbonyl (C=O) groups is 1. The minimum absolute atomic E-state index is 0.0211. The molecule has 28 heavy (non-hydrogen) atoms. The van der Waals surface area contributed by atoms with Crippen LogP contribution in [-0.2, 0) is 11.4 Å². The third-order valence-corrected chi connectivity index (χ3v) is 4.53. The summed E-state index contributed by atoms with van der Waals surface area (Å²) in [6.45, 7) is 1.43. The molecule has 2 N–H and O–H groups in total. The molecule has 140 valence electrons. The molecule has 0 spiro atoms. The van der Waals surface area contributed by atoms with Crippen molar-refractivity contribution >= 4 is 17.2 Å². The molecule has 0 radical (unpaired) electrons. The fraction of sp³-hybridized carbons (Fsp3) is 0.0909. The molecule has 5 nitrogen and oxygen atoms in total. The van der Waals surface area contributed by atoms with Gasteiger partial charge in [0.2, 0.25) is 5.91 Å². The average Bonchev–Trinajstić information content (AvgIpc) is 3.12. The molecule has 2 aromatic heterocycles. The molecule has 2 aromatic carbocycles. The summed E-state index contributed by atoms with van der Waals surface area (Å²) < 4.78 is 15.2. The normalized spacial score (nSPS) is 11.0. The number of anilines is 1. The largest absolute Gasteiger partial charge is 0.392 e. The zero-order chi connectivity index (χ0) is 19.7. The lowest BCUT2D eigenvalue weighted by Crippen LogP contribution is -2.08. The molecule has 0 atom stereocenters. The van der Waals surface area contributed by atoms with E-state index in [1.165, 1.54) is 19.1 Å². The second-order valence-corrected chi connectivity index (χ2v) is 6.52. The number of pyridine rings is 1. The summed E-state index contributed by atoms with van der Waals surface area (Å²) in [7, 11) is 0. The minimum atomic E-state index is -0.304. The van der Waals surface area contributed by atoms with Gasteiger partial charge in [0.15, 0.2) is 5.65 Å². The lowest BCUT2D eigenvalue weighted by Gasteiger charge is -2.11. The monoisotopic (exact) mass is 375 g/mol. The second kappa shape index (κ2) is 7.25. The summed E-state index contributed by atoms with van der Waals surface area (Å²) in [5.41, 5.74) is 5.42. The van der Waals surface area contributed by atoms with Crippen LogP contribution in [0.15, 0.2) is 67.0 Å². The highest BCUT2D eigenvalue weighted by atomic mass is 19.1. The van der Waals surface area contributed by atoms with Gasteiger partial charge in [-0.3, -0.25) is 9.20 Å². The molecule has 1 amide bonds. The van der Waals surface area contributed by atoms with Crippen molar-refractivity contribution in [3.8, 4) is 22.4 Å². The van der Waals surface area contributed by atoms with Gasteiger partial charge in [-0.25, -0.2) is 9.37 Å². The number of aliphatic hydroxyl groups excluding tert-OH is 1. The van der Waals surface area contributed by atoms with Crippen molar-refractivity contribution in [3.05, 3.63) is 78.4 Å². The predicted molar refractivity (Wildman–Crippen MR) is 106 cm³/mol. The Morgan fingerprint density at radius 1 is 1.07 bits per heavy atom. The molecule has 6 heteroatoms. The number of amides is 1. The van der Waals surface area contributed by atoms with Crippen molar-refractivity contribution in [2.45, 2.75) is 13.5 Å². The first-order chi connectivity index (χ1) is 13.5. The average molecular weight is 375 g/mol. The number of imidazole rings is 1. The van der Waals surface area contributed by atoms with Crippen LogP contribution in [0.4, 0.5) is 10.1 Å². The van der Waals surface area contributed by atoms with E-state index in [0.29, 0.717) is 11.3 Å². The lowest BCUT2D eigenvalue weighted by atomic mass is 10.0. The summed E-state index contributed by atoms with van der Waals surface area (Å²) >= 11 is 0. The molecule has 4 aromatic rings. The third kappa shape index (κ3) is 3.37. The molecule has 0 saturated carbocycles. The van der Waals surface area contributed by atoms with Crippen LogP contribution in [0.25, 0.3) is 28.0 Å². The Morgan fingerprint density at radius 2 is 1.75 bits per heavy atom. The fourth-order valence-corrected chi connectivity index (χ4v) is 3.16. The first-order valence-corrected chi connectivity index (χ1v) is 8.80. The number of hydrogen-bond donors (Lipinski definition) is 2. The Kier molecular flexibility index (Phi) is 4.63. The molecule has 0 aliphatic carbocycles. The number of nitrogens with zero attached hydrogens (tertiary/aromatic N) is 2. The number of halogens is 1. The van der Waals surface area contributed by atoms with Crippen molar-refractivity contribution in [2.24, 2.45) is 0 Å². The topological polar surface area (TPSA) is 66.6 Å². The number of carbonyl (C=O) groups excluding carboxylic acids is 1. The zero-order valence-electron chi connectivity index (χ0n) is 15.2. The maximum Gasteiger partial charge on any atom is 0.221 e. The highest BCUT2D eigenvalue weighted by Gasteiger charge is 2.13. The standard InChI is InChI=1S/C22H18FN3O2/c1-14(28)25-20-10-18(16-4-2-15(13-27)3-5-16)12-26-21(11-24-22(20)26)17-6-8-19(23)9-7-17/h2-12,27H,13H2,1H3,(H,25,28). The Balaban J connectivity index is 1.91. The molecular formula is C22H18FN3O2. The van der Waals surface area contributed by atoms with E-state index in [2.05, 4.69) is 10.3 Å². The van der Waals surface area contributed by atoms with E-state index in [-0.39, 0.29) is 18.3 Å². The van der Waals surface area contributed by atoms with Crippen LogP contribution in [0.1, 0.15) is 12.5 Å². The quantitative estimate of drug-likeness (QED) is 0.560. The highest BCUT2D eigenvalue weighted by molar-refractivity contribution is 5.94. The first-order valence-electron chi connectivity index (χ1n) is 8.80. The molecule has 2 heterocycles. The Morgan fingerprint density at radius 3 is 2.39 bits per heavy atom. The third-order valence-electron chi connectivity index (χ3n) is 4.53. The summed E-state index contributed by atoms with van der Waals surface area (Å²) in [6.07, 6.45) is 3.63.